The van der Waals surface area contributed by atoms with Crippen LogP contribution >= 0.6 is 0 Å². The van der Waals surface area contributed by atoms with Crippen molar-refractivity contribution in [1.82, 2.24) is 9.97 Å². The molecule has 1 fully saturated rings. The molecule has 0 bridgehead atoms. The standard InChI is InChI=1S/C17H20N6O5/c1-11-13(10-24)9-14(22(25)26)17(16(11)23(27)28)21-7-5-20(6-8-21)15-3-4-18-12(2)19-15/h3-4,9,24H,5-8,10H2,1-2H3. The first-order valence-corrected chi connectivity index (χ1v) is 8.69. The molecule has 1 N–H and O–H groups in total. The van der Waals surface area contributed by atoms with Crippen LogP contribution in [-0.2, 0) is 6.61 Å². The minimum absolute atomic E-state index is 0.0109. The van der Waals surface area contributed by atoms with Crippen molar-refractivity contribution in [2.75, 3.05) is 36.0 Å². The quantitative estimate of drug-likeness (QED) is 0.599. The van der Waals surface area contributed by atoms with Crippen LogP contribution in [-0.4, -0.2) is 51.1 Å². The van der Waals surface area contributed by atoms with Crippen LogP contribution in [0.5, 0.6) is 0 Å². The zero-order valence-electron chi connectivity index (χ0n) is 15.5. The van der Waals surface area contributed by atoms with E-state index in [0.29, 0.717) is 32.0 Å². The van der Waals surface area contributed by atoms with E-state index >= 15 is 0 Å². The van der Waals surface area contributed by atoms with Gasteiger partial charge >= 0.3 is 5.69 Å². The molecular formula is C17H20N6O5. The Hall–Kier alpha value is -3.34. The fourth-order valence-corrected chi connectivity index (χ4v) is 3.41. The van der Waals surface area contributed by atoms with Gasteiger partial charge in [-0.1, -0.05) is 0 Å². The molecule has 0 aliphatic carbocycles. The van der Waals surface area contributed by atoms with Crippen molar-refractivity contribution in [3.05, 3.63) is 55.5 Å². The Bertz CT molecular complexity index is 926. The summed E-state index contributed by atoms with van der Waals surface area (Å²) in [5, 5.41) is 32.7. The lowest BCUT2D eigenvalue weighted by Crippen LogP contribution is -2.47. The molecule has 1 aromatic heterocycles. The van der Waals surface area contributed by atoms with Crippen molar-refractivity contribution in [3.63, 3.8) is 0 Å². The van der Waals surface area contributed by atoms with E-state index in [1.807, 2.05) is 4.90 Å². The molecule has 1 aliphatic rings. The molecule has 0 amide bonds. The Morgan fingerprint density at radius 3 is 2.29 bits per heavy atom. The third kappa shape index (κ3) is 3.56. The number of piperazine rings is 1. The minimum Gasteiger partial charge on any atom is -0.392 e. The summed E-state index contributed by atoms with van der Waals surface area (Å²) in [6.45, 7) is 4.52. The smallest absolute Gasteiger partial charge is 0.302 e. The molecule has 28 heavy (non-hydrogen) atoms. The number of nitrogens with zero attached hydrogens (tertiary/aromatic N) is 6. The summed E-state index contributed by atoms with van der Waals surface area (Å²) in [5.41, 5.74) is -0.292. The Kier molecular flexibility index (Phi) is 5.36. The molecule has 3 rings (SSSR count). The minimum atomic E-state index is -0.638. The molecular weight excluding hydrogens is 368 g/mol. The van der Waals surface area contributed by atoms with Gasteiger partial charge in [0.15, 0.2) is 5.69 Å². The molecule has 0 unspecified atom stereocenters. The fraction of sp³-hybridized carbons (Fsp3) is 0.412. The lowest BCUT2D eigenvalue weighted by atomic mass is 10.0. The molecule has 11 nitrogen and oxygen atoms in total. The van der Waals surface area contributed by atoms with Gasteiger partial charge in [0.05, 0.1) is 16.5 Å². The molecule has 0 radical (unpaired) electrons. The van der Waals surface area contributed by atoms with E-state index in [1.54, 1.807) is 24.1 Å². The Labute approximate surface area is 160 Å². The van der Waals surface area contributed by atoms with Crippen LogP contribution in [0.2, 0.25) is 0 Å². The van der Waals surface area contributed by atoms with Crippen molar-refractivity contribution in [3.8, 4) is 0 Å². The number of aromatic nitrogens is 2. The molecule has 0 atom stereocenters. The van der Waals surface area contributed by atoms with Crippen LogP contribution in [0.25, 0.3) is 0 Å². The summed E-state index contributed by atoms with van der Waals surface area (Å²) in [4.78, 5) is 34.2. The van der Waals surface area contributed by atoms with E-state index in [4.69, 9.17) is 0 Å². The van der Waals surface area contributed by atoms with Crippen molar-refractivity contribution in [2.24, 2.45) is 0 Å². The second-order valence-corrected chi connectivity index (χ2v) is 6.49. The first-order chi connectivity index (χ1) is 13.3. The van der Waals surface area contributed by atoms with Crippen LogP contribution in [0, 0.1) is 34.1 Å². The maximum Gasteiger partial charge on any atom is 0.302 e. The van der Waals surface area contributed by atoms with Gasteiger partial charge in [-0.3, -0.25) is 20.2 Å². The second kappa shape index (κ2) is 7.72. The Morgan fingerprint density at radius 2 is 1.75 bits per heavy atom. The van der Waals surface area contributed by atoms with E-state index in [-0.39, 0.29) is 28.2 Å². The summed E-state index contributed by atoms with van der Waals surface area (Å²) in [5.74, 6) is 1.39. The largest absolute Gasteiger partial charge is 0.392 e. The number of rotatable bonds is 5. The van der Waals surface area contributed by atoms with Gasteiger partial charge in [0.1, 0.15) is 11.6 Å². The average molecular weight is 388 g/mol. The number of nitro benzene ring substituents is 2. The van der Waals surface area contributed by atoms with Gasteiger partial charge in [0.25, 0.3) is 5.69 Å². The van der Waals surface area contributed by atoms with Gasteiger partial charge in [-0.25, -0.2) is 9.97 Å². The van der Waals surface area contributed by atoms with E-state index in [2.05, 4.69) is 9.97 Å². The molecule has 0 spiro atoms. The number of hydrogen-bond acceptors (Lipinski definition) is 9. The van der Waals surface area contributed by atoms with Crippen LogP contribution in [0.4, 0.5) is 22.9 Å². The monoisotopic (exact) mass is 388 g/mol. The third-order valence-electron chi connectivity index (χ3n) is 4.85. The second-order valence-electron chi connectivity index (χ2n) is 6.49. The van der Waals surface area contributed by atoms with Crippen LogP contribution < -0.4 is 9.80 Å². The molecule has 2 aromatic rings. The summed E-state index contributed by atoms with van der Waals surface area (Å²) in [6.07, 6.45) is 1.66. The first kappa shape index (κ1) is 19.4. The lowest BCUT2D eigenvalue weighted by Gasteiger charge is -2.36. The molecule has 1 aliphatic heterocycles. The van der Waals surface area contributed by atoms with Gasteiger partial charge in [-0.05, 0) is 25.5 Å². The molecule has 1 saturated heterocycles. The lowest BCUT2D eigenvalue weighted by molar-refractivity contribution is -0.393. The third-order valence-corrected chi connectivity index (χ3v) is 4.85. The van der Waals surface area contributed by atoms with Crippen LogP contribution in [0.1, 0.15) is 17.0 Å². The number of aliphatic hydroxyl groups excluding tert-OH is 1. The number of nitro groups is 2. The van der Waals surface area contributed by atoms with E-state index in [9.17, 15) is 25.3 Å². The molecule has 11 heteroatoms. The number of aryl methyl sites for hydroxylation is 1. The summed E-state index contributed by atoms with van der Waals surface area (Å²) >= 11 is 0. The molecule has 0 saturated carbocycles. The summed E-state index contributed by atoms with van der Waals surface area (Å²) < 4.78 is 0. The van der Waals surface area contributed by atoms with E-state index in [0.717, 1.165) is 5.82 Å². The number of anilines is 2. The zero-order chi connectivity index (χ0) is 20.4. The summed E-state index contributed by atoms with van der Waals surface area (Å²) in [7, 11) is 0. The van der Waals surface area contributed by atoms with Crippen LogP contribution in [0.15, 0.2) is 18.3 Å². The molecule has 148 valence electrons. The zero-order valence-corrected chi connectivity index (χ0v) is 15.5. The highest BCUT2D eigenvalue weighted by Gasteiger charge is 2.35. The van der Waals surface area contributed by atoms with Crippen LogP contribution in [0.3, 0.4) is 0 Å². The highest BCUT2D eigenvalue weighted by Crippen LogP contribution is 2.42. The van der Waals surface area contributed by atoms with E-state index in [1.165, 1.54) is 13.0 Å². The first-order valence-electron chi connectivity index (χ1n) is 8.69. The predicted molar refractivity (Wildman–Crippen MR) is 102 cm³/mol. The van der Waals surface area contributed by atoms with Gasteiger partial charge in [-0.15, -0.1) is 0 Å². The highest BCUT2D eigenvalue weighted by molar-refractivity contribution is 5.79. The normalized spacial score (nSPS) is 14.2. The van der Waals surface area contributed by atoms with Gasteiger partial charge in [-0.2, -0.15) is 0 Å². The maximum atomic E-state index is 11.7. The predicted octanol–water partition coefficient (Wildman–Crippen LogP) is 1.73. The van der Waals surface area contributed by atoms with Crippen molar-refractivity contribution < 1.29 is 15.0 Å². The Morgan fingerprint density at radius 1 is 1.11 bits per heavy atom. The van der Waals surface area contributed by atoms with Gasteiger partial charge in [0, 0.05) is 44.0 Å². The number of aliphatic hydroxyl groups is 1. The van der Waals surface area contributed by atoms with E-state index < -0.39 is 16.5 Å². The van der Waals surface area contributed by atoms with Gasteiger partial charge < -0.3 is 14.9 Å². The van der Waals surface area contributed by atoms with Crippen molar-refractivity contribution in [2.45, 2.75) is 20.5 Å². The average Bonchev–Trinajstić information content (AvgIpc) is 2.67. The van der Waals surface area contributed by atoms with Gasteiger partial charge in [0.2, 0.25) is 0 Å². The van der Waals surface area contributed by atoms with Crippen molar-refractivity contribution in [1.29, 1.82) is 0 Å². The molecule has 2 heterocycles. The fourth-order valence-electron chi connectivity index (χ4n) is 3.41. The molecule has 1 aromatic carbocycles. The maximum absolute atomic E-state index is 11.7. The number of benzene rings is 1. The summed E-state index contributed by atoms with van der Waals surface area (Å²) in [6, 6.07) is 3.01. The topological polar surface area (TPSA) is 139 Å². The highest BCUT2D eigenvalue weighted by atomic mass is 16.6. The SMILES string of the molecule is Cc1nccc(N2CCN(c3c([N+](=O)[O-])cc(CO)c(C)c3[N+](=O)[O-])CC2)n1. The van der Waals surface area contributed by atoms with Crippen molar-refractivity contribution >= 4 is 22.9 Å². The Balaban J connectivity index is 1.97. The number of hydrogen-bond donors (Lipinski definition) is 1.